The highest BCUT2D eigenvalue weighted by Crippen LogP contribution is 2.31. The molecule has 0 aliphatic carbocycles. The molecule has 10 heteroatoms. The molecule has 1 aromatic heterocycles. The van der Waals surface area contributed by atoms with E-state index < -0.39 is 0 Å². The summed E-state index contributed by atoms with van der Waals surface area (Å²) in [6.07, 6.45) is 1.50. The van der Waals surface area contributed by atoms with Gasteiger partial charge >= 0.3 is 0 Å². The number of anilines is 5. The van der Waals surface area contributed by atoms with E-state index in [9.17, 15) is 9.65 Å². The number of aromatic nitrogens is 2. The quantitative estimate of drug-likeness (QED) is 0.271. The van der Waals surface area contributed by atoms with Crippen LogP contribution in [0.25, 0.3) is 0 Å². The van der Waals surface area contributed by atoms with Gasteiger partial charge in [0.05, 0.1) is 11.9 Å². The Balaban J connectivity index is 1.29. The third kappa shape index (κ3) is 6.11. The zero-order valence-electron chi connectivity index (χ0n) is 20.4. The maximum Gasteiger partial charge on any atom is 0.229 e. The van der Waals surface area contributed by atoms with E-state index in [1.165, 1.54) is 24.0 Å². The summed E-state index contributed by atoms with van der Waals surface area (Å²) in [4.78, 5) is 11.1. The van der Waals surface area contributed by atoms with E-state index in [-0.39, 0.29) is 12.4 Å². The van der Waals surface area contributed by atoms with Crippen LogP contribution in [0.5, 0.6) is 5.75 Å². The highest BCUT2D eigenvalue weighted by Gasteiger charge is 2.14. The molecule has 0 atom stereocenters. The molecule has 0 saturated carbocycles. The van der Waals surface area contributed by atoms with Crippen LogP contribution in [0.15, 0.2) is 72.9 Å². The lowest BCUT2D eigenvalue weighted by Gasteiger charge is -2.29. The molecule has 0 radical (unpaired) electrons. The van der Waals surface area contributed by atoms with Crippen molar-refractivity contribution in [2.45, 2.75) is 6.61 Å². The van der Waals surface area contributed by atoms with Crippen LogP contribution in [0.4, 0.5) is 33.2 Å². The minimum Gasteiger partial charge on any atom is -0.487 e. The summed E-state index contributed by atoms with van der Waals surface area (Å²) in [6, 6.07) is 21.5. The normalized spacial score (nSPS) is 13.0. The van der Waals surface area contributed by atoms with Gasteiger partial charge in [0.1, 0.15) is 34.8 Å². The van der Waals surface area contributed by atoms with Gasteiger partial charge in [0, 0.05) is 37.6 Å². The number of ether oxygens (including phenoxy) is 1. The maximum atomic E-state index is 13.2. The van der Waals surface area contributed by atoms with Crippen molar-refractivity contribution in [3.8, 4) is 11.8 Å². The minimum atomic E-state index is -0.319. The highest BCUT2D eigenvalue weighted by atomic mass is 35.5. The van der Waals surface area contributed by atoms with Gasteiger partial charge in [-0.1, -0.05) is 29.8 Å². The lowest BCUT2D eigenvalue weighted by Crippen LogP contribution is -2.43. The van der Waals surface area contributed by atoms with E-state index in [1.54, 1.807) is 30.3 Å². The van der Waals surface area contributed by atoms with E-state index in [0.29, 0.717) is 33.8 Å². The van der Waals surface area contributed by atoms with Crippen LogP contribution < -0.4 is 25.6 Å². The number of hydrogen-bond donors (Lipinski definition) is 3. The number of hydrogen-bond acceptors (Lipinski definition) is 8. The average molecular weight is 530 g/mol. The molecule has 8 nitrogen and oxygen atoms in total. The van der Waals surface area contributed by atoms with Gasteiger partial charge in [-0.25, -0.2) is 9.37 Å². The zero-order valence-corrected chi connectivity index (χ0v) is 21.2. The molecule has 1 aliphatic rings. The molecule has 38 heavy (non-hydrogen) atoms. The van der Waals surface area contributed by atoms with Gasteiger partial charge in [0.2, 0.25) is 5.95 Å². The molecule has 5 rings (SSSR count). The number of nitrogens with one attached hydrogen (secondary N) is 3. The smallest absolute Gasteiger partial charge is 0.229 e. The molecule has 3 N–H and O–H groups in total. The number of halogens is 2. The van der Waals surface area contributed by atoms with Crippen LogP contribution in [0.2, 0.25) is 5.02 Å². The Morgan fingerprint density at radius 2 is 1.79 bits per heavy atom. The summed E-state index contributed by atoms with van der Waals surface area (Å²) in [5.74, 6) is 0.762. The Labute approximate surface area is 225 Å². The second-order valence-corrected chi connectivity index (χ2v) is 9.04. The van der Waals surface area contributed by atoms with Crippen LogP contribution in [-0.4, -0.2) is 36.1 Å². The Morgan fingerprint density at radius 1 is 1.03 bits per heavy atom. The first-order valence-corrected chi connectivity index (χ1v) is 12.5. The molecule has 1 fully saturated rings. The summed E-state index contributed by atoms with van der Waals surface area (Å²) < 4.78 is 19.0. The van der Waals surface area contributed by atoms with Gasteiger partial charge in [0.15, 0.2) is 5.82 Å². The third-order valence-corrected chi connectivity index (χ3v) is 6.32. The van der Waals surface area contributed by atoms with E-state index in [2.05, 4.69) is 49.0 Å². The van der Waals surface area contributed by atoms with Crippen molar-refractivity contribution >= 4 is 40.4 Å². The van der Waals surface area contributed by atoms with Crippen molar-refractivity contribution in [2.24, 2.45) is 0 Å². The van der Waals surface area contributed by atoms with Crippen LogP contribution in [0.1, 0.15) is 11.1 Å². The molecule has 2 heterocycles. The topological polar surface area (TPSA) is 98.1 Å². The molecule has 0 spiro atoms. The molecule has 4 aromatic rings. The Hall–Kier alpha value is -4.39. The van der Waals surface area contributed by atoms with Gasteiger partial charge in [-0.3, -0.25) is 0 Å². The summed E-state index contributed by atoms with van der Waals surface area (Å²) in [5.41, 5.74) is 3.57. The van der Waals surface area contributed by atoms with Crippen LogP contribution >= 0.6 is 11.6 Å². The molecule has 3 aromatic carbocycles. The first-order chi connectivity index (χ1) is 18.6. The van der Waals surface area contributed by atoms with Crippen LogP contribution in [0.3, 0.4) is 0 Å². The Kier molecular flexibility index (Phi) is 7.83. The molecule has 0 amide bonds. The lowest BCUT2D eigenvalue weighted by atomic mass is 10.1. The van der Waals surface area contributed by atoms with Gasteiger partial charge in [-0.2, -0.15) is 10.2 Å². The number of benzene rings is 3. The van der Waals surface area contributed by atoms with Crippen molar-refractivity contribution in [3.05, 3.63) is 94.9 Å². The molecular weight excluding hydrogens is 505 g/mol. The van der Waals surface area contributed by atoms with Crippen molar-refractivity contribution in [2.75, 3.05) is 41.7 Å². The molecule has 1 aliphatic heterocycles. The van der Waals surface area contributed by atoms with Crippen LogP contribution in [-0.2, 0) is 6.61 Å². The van der Waals surface area contributed by atoms with Gasteiger partial charge in [-0.05, 0) is 54.1 Å². The summed E-state index contributed by atoms with van der Waals surface area (Å²) >= 11 is 6.37. The summed E-state index contributed by atoms with van der Waals surface area (Å²) in [5, 5.41) is 19.8. The fourth-order valence-electron chi connectivity index (χ4n) is 4.06. The first kappa shape index (κ1) is 25.3. The van der Waals surface area contributed by atoms with E-state index in [1.807, 2.05) is 12.1 Å². The first-order valence-electron chi connectivity index (χ1n) is 12.1. The van der Waals surface area contributed by atoms with Gasteiger partial charge < -0.3 is 25.6 Å². The molecule has 0 unspecified atom stereocenters. The highest BCUT2D eigenvalue weighted by molar-refractivity contribution is 6.32. The van der Waals surface area contributed by atoms with Crippen molar-refractivity contribution in [1.29, 1.82) is 5.26 Å². The number of piperazine rings is 1. The molecule has 1 saturated heterocycles. The van der Waals surface area contributed by atoms with E-state index in [4.69, 9.17) is 16.3 Å². The van der Waals surface area contributed by atoms with Crippen LogP contribution in [0, 0.1) is 17.1 Å². The van der Waals surface area contributed by atoms with Gasteiger partial charge in [-0.15, -0.1) is 0 Å². The largest absolute Gasteiger partial charge is 0.487 e. The summed E-state index contributed by atoms with van der Waals surface area (Å²) in [7, 11) is 0. The second kappa shape index (κ2) is 11.8. The monoisotopic (exact) mass is 529 g/mol. The van der Waals surface area contributed by atoms with Crippen molar-refractivity contribution in [1.82, 2.24) is 15.3 Å². The number of rotatable bonds is 8. The second-order valence-electron chi connectivity index (χ2n) is 8.63. The van der Waals surface area contributed by atoms with Gasteiger partial charge in [0.25, 0.3) is 0 Å². The summed E-state index contributed by atoms with van der Waals surface area (Å²) in [6.45, 7) is 4.10. The van der Waals surface area contributed by atoms with E-state index in [0.717, 1.165) is 37.4 Å². The SMILES string of the molecule is N#Cc1c(Nc2nc(Nc3ccc(N4CCNCC4)cc3)ncc2Cl)cccc1OCc1ccc(F)cc1. The third-order valence-electron chi connectivity index (χ3n) is 6.05. The predicted molar refractivity (Wildman–Crippen MR) is 147 cm³/mol. The Bertz CT molecular complexity index is 1440. The lowest BCUT2D eigenvalue weighted by molar-refractivity contribution is 0.305. The molecule has 192 valence electrons. The number of nitriles is 1. The minimum absolute atomic E-state index is 0.189. The van der Waals surface area contributed by atoms with E-state index >= 15 is 0 Å². The number of nitrogens with zero attached hydrogens (tertiary/aromatic N) is 4. The zero-order chi connectivity index (χ0) is 26.3. The fourth-order valence-corrected chi connectivity index (χ4v) is 4.20. The standard InChI is InChI=1S/C28H25ClFN7O/c29-24-17-33-28(34-21-8-10-22(11-9-21)37-14-12-32-13-15-37)36-27(24)35-25-2-1-3-26(23(25)16-31)38-18-19-4-6-20(30)7-5-19/h1-11,17,32H,12-15,18H2,(H2,33,34,35,36). The van der Waals surface area contributed by atoms with Crippen molar-refractivity contribution in [3.63, 3.8) is 0 Å². The predicted octanol–water partition coefficient (Wildman–Crippen LogP) is 5.62. The maximum absolute atomic E-state index is 13.2. The molecular formula is C28H25ClFN7O. The van der Waals surface area contributed by atoms with Crippen molar-refractivity contribution < 1.29 is 9.13 Å². The Morgan fingerprint density at radius 3 is 2.53 bits per heavy atom. The fraction of sp³-hybridized carbons (Fsp3) is 0.179. The molecule has 0 bridgehead atoms. The average Bonchev–Trinajstić information content (AvgIpc) is 2.95.